The average Bonchev–Trinajstić information content (AvgIpc) is 3.16. The number of hydrogen-bond acceptors (Lipinski definition) is 3. The molecule has 1 heterocycles. The van der Waals surface area contributed by atoms with Gasteiger partial charge in [-0.15, -0.1) is 0 Å². The van der Waals surface area contributed by atoms with Crippen molar-refractivity contribution in [1.82, 2.24) is 10.2 Å². The topological polar surface area (TPSA) is 46.1 Å². The molecule has 1 aliphatic heterocycles. The van der Waals surface area contributed by atoms with Gasteiger partial charge in [-0.1, -0.05) is 38.5 Å². The van der Waals surface area contributed by atoms with Crippen LogP contribution in [0.15, 0.2) is 4.99 Å². The molecular formula is C20H39N3O2. The lowest BCUT2D eigenvalue weighted by molar-refractivity contribution is 0.00991. The molecule has 0 amide bonds. The van der Waals surface area contributed by atoms with Crippen LogP contribution >= 0.6 is 0 Å². The van der Waals surface area contributed by atoms with Gasteiger partial charge < -0.3 is 19.7 Å². The summed E-state index contributed by atoms with van der Waals surface area (Å²) in [5, 5.41) is 3.56. The summed E-state index contributed by atoms with van der Waals surface area (Å²) in [4.78, 5) is 6.85. The Kier molecular flexibility index (Phi) is 10.3. The highest BCUT2D eigenvalue weighted by molar-refractivity contribution is 5.79. The first-order valence-electron chi connectivity index (χ1n) is 10.4. The van der Waals surface area contributed by atoms with E-state index in [1.807, 2.05) is 7.05 Å². The first-order valence-corrected chi connectivity index (χ1v) is 10.4. The quantitative estimate of drug-likeness (QED) is 0.371. The van der Waals surface area contributed by atoms with Crippen LogP contribution < -0.4 is 5.32 Å². The zero-order valence-corrected chi connectivity index (χ0v) is 16.5. The van der Waals surface area contributed by atoms with E-state index in [1.54, 1.807) is 7.11 Å². The Balaban J connectivity index is 1.53. The molecule has 0 aromatic heterocycles. The second-order valence-electron chi connectivity index (χ2n) is 7.52. The van der Waals surface area contributed by atoms with E-state index in [4.69, 9.17) is 9.47 Å². The smallest absolute Gasteiger partial charge is 0.193 e. The highest BCUT2D eigenvalue weighted by Gasteiger charge is 2.21. The molecule has 1 saturated heterocycles. The highest BCUT2D eigenvalue weighted by Crippen LogP contribution is 2.28. The Morgan fingerprint density at radius 3 is 2.48 bits per heavy atom. The van der Waals surface area contributed by atoms with Crippen LogP contribution in [0, 0.1) is 5.92 Å². The van der Waals surface area contributed by atoms with Crippen LogP contribution in [0.1, 0.15) is 64.2 Å². The van der Waals surface area contributed by atoms with Crippen LogP contribution in [0.4, 0.5) is 0 Å². The molecule has 5 nitrogen and oxygen atoms in total. The molecule has 0 atom stereocenters. The predicted molar refractivity (Wildman–Crippen MR) is 104 cm³/mol. The molecule has 2 rings (SSSR count). The number of rotatable bonds is 10. The molecule has 0 aromatic rings. The zero-order valence-electron chi connectivity index (χ0n) is 16.5. The fourth-order valence-corrected chi connectivity index (χ4v) is 4.08. The lowest BCUT2D eigenvalue weighted by Gasteiger charge is -2.34. The lowest BCUT2D eigenvalue weighted by atomic mass is 10.0. The van der Waals surface area contributed by atoms with Gasteiger partial charge in [0.05, 0.1) is 6.10 Å². The number of likely N-dealkylation sites (tertiary alicyclic amines) is 1. The molecule has 146 valence electrons. The Labute approximate surface area is 154 Å². The van der Waals surface area contributed by atoms with Crippen LogP contribution in [0.5, 0.6) is 0 Å². The number of guanidine groups is 1. The molecule has 1 N–H and O–H groups in total. The van der Waals surface area contributed by atoms with E-state index in [-0.39, 0.29) is 0 Å². The van der Waals surface area contributed by atoms with Gasteiger partial charge in [0, 0.05) is 47.0 Å². The Bertz CT molecular complexity index is 362. The summed E-state index contributed by atoms with van der Waals surface area (Å²) >= 11 is 0. The van der Waals surface area contributed by atoms with E-state index in [1.165, 1.54) is 44.9 Å². The van der Waals surface area contributed by atoms with Gasteiger partial charge in [-0.3, -0.25) is 4.99 Å². The molecule has 0 bridgehead atoms. The van der Waals surface area contributed by atoms with E-state index in [0.29, 0.717) is 6.10 Å². The number of piperidine rings is 1. The van der Waals surface area contributed by atoms with Crippen LogP contribution in [-0.4, -0.2) is 64.0 Å². The summed E-state index contributed by atoms with van der Waals surface area (Å²) in [6, 6.07) is 0. The van der Waals surface area contributed by atoms with Crippen LogP contribution in [0.2, 0.25) is 0 Å². The SMILES string of the molecule is CN=C(NCCCCC1CCCC1)N1CCC(OCCCOC)CC1. The molecular weight excluding hydrogens is 314 g/mol. The molecule has 25 heavy (non-hydrogen) atoms. The number of aliphatic imine (C=N–C) groups is 1. The van der Waals surface area contributed by atoms with E-state index < -0.39 is 0 Å². The van der Waals surface area contributed by atoms with Gasteiger partial charge in [-0.2, -0.15) is 0 Å². The van der Waals surface area contributed by atoms with E-state index in [0.717, 1.165) is 64.0 Å². The number of hydrogen-bond donors (Lipinski definition) is 1. The fraction of sp³-hybridized carbons (Fsp3) is 0.950. The summed E-state index contributed by atoms with van der Waals surface area (Å²) in [7, 11) is 3.64. The van der Waals surface area contributed by atoms with Crippen molar-refractivity contribution in [3.05, 3.63) is 0 Å². The minimum Gasteiger partial charge on any atom is -0.385 e. The normalized spacial score (nSPS) is 20.4. The molecule has 2 aliphatic rings. The number of nitrogens with one attached hydrogen (secondary N) is 1. The Hall–Kier alpha value is -0.810. The Morgan fingerprint density at radius 1 is 1.04 bits per heavy atom. The zero-order chi connectivity index (χ0) is 17.7. The lowest BCUT2D eigenvalue weighted by Crippen LogP contribution is -2.47. The van der Waals surface area contributed by atoms with Crippen molar-refractivity contribution < 1.29 is 9.47 Å². The van der Waals surface area contributed by atoms with Gasteiger partial charge in [0.1, 0.15) is 0 Å². The van der Waals surface area contributed by atoms with Gasteiger partial charge in [0.25, 0.3) is 0 Å². The standard InChI is InChI=1S/C20H39N3O2/c1-21-20(22-13-6-5-10-18-8-3-4-9-18)23-14-11-19(12-15-23)25-17-7-16-24-2/h18-19H,3-17H2,1-2H3,(H,21,22). The maximum absolute atomic E-state index is 5.94. The number of unbranched alkanes of at least 4 members (excludes halogenated alkanes) is 1. The third kappa shape index (κ3) is 7.95. The van der Waals surface area contributed by atoms with Crippen molar-refractivity contribution in [3.8, 4) is 0 Å². The molecule has 5 heteroatoms. The van der Waals surface area contributed by atoms with E-state index in [9.17, 15) is 0 Å². The second kappa shape index (κ2) is 12.5. The van der Waals surface area contributed by atoms with Crippen molar-refractivity contribution in [1.29, 1.82) is 0 Å². The molecule has 0 aromatic carbocycles. The van der Waals surface area contributed by atoms with Gasteiger partial charge in [0.2, 0.25) is 0 Å². The first-order chi connectivity index (χ1) is 12.3. The molecule has 1 aliphatic carbocycles. The third-order valence-corrected chi connectivity index (χ3v) is 5.60. The molecule has 0 unspecified atom stereocenters. The largest absolute Gasteiger partial charge is 0.385 e. The van der Waals surface area contributed by atoms with Crippen molar-refractivity contribution in [2.45, 2.75) is 70.3 Å². The first kappa shape index (κ1) is 20.5. The number of nitrogens with zero attached hydrogens (tertiary/aromatic N) is 2. The van der Waals surface area contributed by atoms with Crippen LogP contribution in [0.3, 0.4) is 0 Å². The summed E-state index contributed by atoms with van der Waals surface area (Å²) in [5.74, 6) is 2.08. The Morgan fingerprint density at radius 2 is 1.80 bits per heavy atom. The fourth-order valence-electron chi connectivity index (χ4n) is 4.08. The molecule has 0 spiro atoms. The highest BCUT2D eigenvalue weighted by atomic mass is 16.5. The van der Waals surface area contributed by atoms with Crippen molar-refractivity contribution >= 4 is 5.96 Å². The van der Waals surface area contributed by atoms with Crippen molar-refractivity contribution in [2.24, 2.45) is 10.9 Å². The maximum Gasteiger partial charge on any atom is 0.193 e. The van der Waals surface area contributed by atoms with Crippen molar-refractivity contribution in [2.75, 3.05) is 47.0 Å². The average molecular weight is 354 g/mol. The van der Waals surface area contributed by atoms with Crippen LogP contribution in [-0.2, 0) is 9.47 Å². The van der Waals surface area contributed by atoms with Gasteiger partial charge >= 0.3 is 0 Å². The number of ether oxygens (including phenoxy) is 2. The van der Waals surface area contributed by atoms with E-state index in [2.05, 4.69) is 15.2 Å². The van der Waals surface area contributed by atoms with Crippen molar-refractivity contribution in [3.63, 3.8) is 0 Å². The minimum absolute atomic E-state index is 0.401. The number of methoxy groups -OCH3 is 1. The van der Waals surface area contributed by atoms with Gasteiger partial charge in [-0.05, 0) is 31.6 Å². The maximum atomic E-state index is 5.94. The molecule has 0 radical (unpaired) electrons. The second-order valence-corrected chi connectivity index (χ2v) is 7.52. The molecule has 1 saturated carbocycles. The summed E-state index contributed by atoms with van der Waals surface area (Å²) < 4.78 is 11.0. The van der Waals surface area contributed by atoms with Gasteiger partial charge in [0.15, 0.2) is 5.96 Å². The predicted octanol–water partition coefficient (Wildman–Crippen LogP) is 3.44. The summed E-state index contributed by atoms with van der Waals surface area (Å²) in [5.41, 5.74) is 0. The third-order valence-electron chi connectivity index (χ3n) is 5.60. The van der Waals surface area contributed by atoms with E-state index >= 15 is 0 Å². The van der Waals surface area contributed by atoms with Crippen LogP contribution in [0.25, 0.3) is 0 Å². The summed E-state index contributed by atoms with van der Waals surface area (Å²) in [6.45, 7) is 4.73. The van der Waals surface area contributed by atoms with Gasteiger partial charge in [-0.25, -0.2) is 0 Å². The summed E-state index contributed by atoms with van der Waals surface area (Å²) in [6.07, 6.45) is 13.5. The molecule has 2 fully saturated rings. The minimum atomic E-state index is 0.401. The monoisotopic (exact) mass is 353 g/mol.